The summed E-state index contributed by atoms with van der Waals surface area (Å²) in [5, 5.41) is 5.30. The van der Waals surface area contributed by atoms with Crippen molar-refractivity contribution in [1.29, 1.82) is 0 Å². The van der Waals surface area contributed by atoms with Crippen LogP contribution in [0.5, 0.6) is 0 Å². The molecule has 0 aliphatic rings. The molecule has 0 saturated heterocycles. The van der Waals surface area contributed by atoms with Crippen molar-refractivity contribution in [3.8, 4) is 0 Å². The third-order valence-corrected chi connectivity index (χ3v) is 8.02. The Morgan fingerprint density at radius 2 is 1.31 bits per heavy atom. The topological polar surface area (TPSA) is 96.1 Å². The van der Waals surface area contributed by atoms with Gasteiger partial charge in [-0.3, -0.25) is 0 Å². The summed E-state index contributed by atoms with van der Waals surface area (Å²) in [5.74, 6) is 1.45. The fraction of sp³-hybridized carbons (Fsp3) is 0.238. The molecule has 51 heavy (non-hydrogen) atoms. The second-order valence-corrected chi connectivity index (χ2v) is 13.5. The summed E-state index contributed by atoms with van der Waals surface area (Å²) >= 11 is 3.45. The van der Waals surface area contributed by atoms with Gasteiger partial charge in [0.1, 0.15) is 5.82 Å². The van der Waals surface area contributed by atoms with Crippen LogP contribution < -0.4 is 11.1 Å². The highest BCUT2D eigenvalue weighted by Gasteiger charge is 2.05. The van der Waals surface area contributed by atoms with Crippen LogP contribution in [0.15, 0.2) is 121 Å². The lowest BCUT2D eigenvalue weighted by molar-refractivity contribution is 0.402. The van der Waals surface area contributed by atoms with Crippen LogP contribution in [0.1, 0.15) is 41.4 Å². The molecule has 0 spiro atoms. The van der Waals surface area contributed by atoms with Crippen molar-refractivity contribution < 1.29 is 0 Å². The number of benzene rings is 4. The zero-order chi connectivity index (χ0) is 36.6. The van der Waals surface area contributed by atoms with Crippen LogP contribution in [0.2, 0.25) is 0 Å². The Balaban J connectivity index is 0.000000208. The molecule has 0 amide bonds. The lowest BCUT2D eigenvalue weighted by Crippen LogP contribution is -2.10. The van der Waals surface area contributed by atoms with Crippen molar-refractivity contribution >= 4 is 55.4 Å². The summed E-state index contributed by atoms with van der Waals surface area (Å²) < 4.78 is 1.03. The predicted octanol–water partition coefficient (Wildman–Crippen LogP) is 9.03. The van der Waals surface area contributed by atoms with Gasteiger partial charge in [-0.1, -0.05) is 83.5 Å². The van der Waals surface area contributed by atoms with Gasteiger partial charge >= 0.3 is 0 Å². The first-order valence-corrected chi connectivity index (χ1v) is 17.8. The number of hydrogen-bond donors (Lipinski definition) is 2. The number of allylic oxidation sites excluding steroid dienone is 1. The van der Waals surface area contributed by atoms with Gasteiger partial charge < -0.3 is 20.9 Å². The minimum Gasteiger partial charge on any atom is -0.327 e. The Labute approximate surface area is 311 Å². The Morgan fingerprint density at radius 1 is 0.745 bits per heavy atom. The standard InChI is InChI=1S/C21H24N4.C17H17BrN4.C4H8/c1-25(2)15-18-7-5-17(6-8-18)13-21-23-14-19-12-16(4-3-11-22)9-10-20(19)24-21;1-22(2)11-12-3-6-15(7-4-12)20-17-19-10-13-9-14(18)5-8-16(13)21-17;1-3-4-2/h3-10,12,14H,11,13,15,22H2,1-2H3;3-10H,11H2,1-2H3,(H,19,20,21);3H,1,4H2,2H3/b4-3+;;. The average molecular weight is 746 g/mol. The first kappa shape index (κ1) is 39.0. The molecule has 264 valence electrons. The molecule has 4 aromatic carbocycles. The summed E-state index contributed by atoms with van der Waals surface area (Å²) in [6, 6.07) is 29.1. The van der Waals surface area contributed by atoms with Crippen LogP contribution in [-0.4, -0.2) is 64.5 Å². The maximum atomic E-state index is 5.50. The van der Waals surface area contributed by atoms with E-state index < -0.39 is 0 Å². The van der Waals surface area contributed by atoms with Crippen molar-refractivity contribution in [2.24, 2.45) is 5.73 Å². The summed E-state index contributed by atoms with van der Waals surface area (Å²) in [7, 11) is 8.28. The fourth-order valence-electron chi connectivity index (χ4n) is 5.05. The molecular formula is C42H49BrN8. The second-order valence-electron chi connectivity index (χ2n) is 12.6. The molecule has 0 atom stereocenters. The Hall–Kier alpha value is -4.80. The molecule has 0 saturated carbocycles. The Bertz CT molecular complexity index is 2010. The normalized spacial score (nSPS) is 11.0. The highest BCUT2D eigenvalue weighted by molar-refractivity contribution is 9.10. The van der Waals surface area contributed by atoms with Gasteiger partial charge in [-0.25, -0.2) is 19.9 Å². The number of nitrogens with zero attached hydrogens (tertiary/aromatic N) is 6. The number of nitrogens with two attached hydrogens (primary N) is 1. The van der Waals surface area contributed by atoms with E-state index in [-0.39, 0.29) is 0 Å². The fourth-order valence-corrected chi connectivity index (χ4v) is 5.42. The molecule has 6 rings (SSSR count). The number of aromatic nitrogens is 4. The lowest BCUT2D eigenvalue weighted by Gasteiger charge is -2.10. The van der Waals surface area contributed by atoms with E-state index >= 15 is 0 Å². The first-order valence-electron chi connectivity index (χ1n) is 17.0. The Kier molecular flexibility index (Phi) is 15.4. The minimum atomic E-state index is 0.542. The maximum absolute atomic E-state index is 5.50. The molecule has 8 nitrogen and oxygen atoms in total. The van der Waals surface area contributed by atoms with Gasteiger partial charge in [0.25, 0.3) is 0 Å². The summed E-state index contributed by atoms with van der Waals surface area (Å²) in [6.45, 7) is 7.97. The zero-order valence-electron chi connectivity index (χ0n) is 30.4. The third kappa shape index (κ3) is 13.1. The summed E-state index contributed by atoms with van der Waals surface area (Å²) in [6.07, 6.45) is 11.4. The van der Waals surface area contributed by atoms with Gasteiger partial charge in [0.15, 0.2) is 0 Å². The van der Waals surface area contributed by atoms with Gasteiger partial charge in [0.2, 0.25) is 5.95 Å². The monoisotopic (exact) mass is 744 g/mol. The molecule has 2 aromatic heterocycles. The molecular weight excluding hydrogens is 696 g/mol. The summed E-state index contributed by atoms with van der Waals surface area (Å²) in [4.78, 5) is 22.4. The van der Waals surface area contributed by atoms with Crippen molar-refractivity contribution in [1.82, 2.24) is 29.7 Å². The van der Waals surface area contributed by atoms with E-state index in [2.05, 4.69) is 136 Å². The maximum Gasteiger partial charge on any atom is 0.227 e. The van der Waals surface area contributed by atoms with Crippen LogP contribution in [0, 0.1) is 0 Å². The second kappa shape index (κ2) is 20.1. The number of halogens is 1. The number of fused-ring (bicyclic) bond motifs is 2. The third-order valence-electron chi connectivity index (χ3n) is 7.52. The highest BCUT2D eigenvalue weighted by Crippen LogP contribution is 2.21. The van der Waals surface area contributed by atoms with Gasteiger partial charge in [-0.05, 0) is 99.3 Å². The summed E-state index contributed by atoms with van der Waals surface area (Å²) in [5.41, 5.74) is 13.3. The van der Waals surface area contributed by atoms with E-state index in [1.165, 1.54) is 16.7 Å². The largest absolute Gasteiger partial charge is 0.327 e. The molecule has 0 radical (unpaired) electrons. The van der Waals surface area contributed by atoms with Crippen LogP contribution in [0.4, 0.5) is 11.6 Å². The van der Waals surface area contributed by atoms with Crippen LogP contribution in [0.25, 0.3) is 27.9 Å². The number of rotatable bonds is 11. The van der Waals surface area contributed by atoms with Crippen molar-refractivity contribution in [2.45, 2.75) is 32.9 Å². The average Bonchev–Trinajstić information content (AvgIpc) is 3.12. The van der Waals surface area contributed by atoms with Crippen molar-refractivity contribution in [3.05, 3.63) is 149 Å². The van der Waals surface area contributed by atoms with Gasteiger partial charge in [0.05, 0.1) is 11.0 Å². The molecule has 9 heteroatoms. The minimum absolute atomic E-state index is 0.542. The van der Waals surface area contributed by atoms with Crippen LogP contribution in [-0.2, 0) is 19.5 Å². The van der Waals surface area contributed by atoms with Crippen LogP contribution >= 0.6 is 15.9 Å². The molecule has 2 heterocycles. The smallest absolute Gasteiger partial charge is 0.227 e. The van der Waals surface area contributed by atoms with Gasteiger partial charge in [0, 0.05) is 59.4 Å². The van der Waals surface area contributed by atoms with Gasteiger partial charge in [-0.15, -0.1) is 6.58 Å². The van der Waals surface area contributed by atoms with E-state index in [1.807, 2.05) is 67.0 Å². The molecule has 3 N–H and O–H groups in total. The van der Waals surface area contributed by atoms with Crippen LogP contribution in [0.3, 0.4) is 0 Å². The quantitative estimate of drug-likeness (QED) is 0.127. The predicted molar refractivity (Wildman–Crippen MR) is 219 cm³/mol. The van der Waals surface area contributed by atoms with E-state index in [9.17, 15) is 0 Å². The first-order chi connectivity index (χ1) is 24.6. The zero-order valence-corrected chi connectivity index (χ0v) is 31.9. The van der Waals surface area contributed by atoms with Crippen molar-refractivity contribution in [3.63, 3.8) is 0 Å². The van der Waals surface area contributed by atoms with E-state index in [1.54, 1.807) is 0 Å². The number of nitrogens with one attached hydrogen (secondary N) is 1. The SMILES string of the molecule is C=CCC.CN(C)Cc1ccc(Cc2ncc3cc(/C=C/CN)ccc3n2)cc1.CN(C)Cc1ccc(Nc2ncc3cc(Br)ccc3n2)cc1. The van der Waals surface area contributed by atoms with E-state index in [0.717, 1.165) is 69.3 Å². The molecule has 0 unspecified atom stereocenters. The molecule has 6 aromatic rings. The lowest BCUT2D eigenvalue weighted by atomic mass is 10.1. The highest BCUT2D eigenvalue weighted by atomic mass is 79.9. The number of hydrogen-bond acceptors (Lipinski definition) is 8. The van der Waals surface area contributed by atoms with Crippen molar-refractivity contribution in [2.75, 3.05) is 40.1 Å². The molecule has 0 aliphatic heterocycles. The van der Waals surface area contributed by atoms with Gasteiger partial charge in [-0.2, -0.15) is 0 Å². The molecule has 0 bridgehead atoms. The molecule has 0 aliphatic carbocycles. The van der Waals surface area contributed by atoms with E-state index in [4.69, 9.17) is 10.7 Å². The van der Waals surface area contributed by atoms with E-state index in [0.29, 0.717) is 12.5 Å². The Morgan fingerprint density at radius 3 is 1.94 bits per heavy atom. The molecule has 0 fully saturated rings. The number of anilines is 2.